The molecule has 1 N–H and O–H groups in total. The van der Waals surface area contributed by atoms with Crippen molar-refractivity contribution in [1.82, 2.24) is 15.0 Å². The van der Waals surface area contributed by atoms with Crippen LogP contribution in [0.15, 0.2) is 28.8 Å². The molecule has 3 rings (SSSR count). The molecule has 6 heteroatoms. The van der Waals surface area contributed by atoms with Crippen molar-refractivity contribution in [3.63, 3.8) is 0 Å². The fourth-order valence-corrected chi connectivity index (χ4v) is 2.69. The number of aromatic nitrogens is 2. The van der Waals surface area contributed by atoms with Gasteiger partial charge in [0.15, 0.2) is 5.82 Å². The Morgan fingerprint density at radius 1 is 1.27 bits per heavy atom. The number of benzene rings is 1. The Bertz CT molecular complexity index is 653. The second-order valence-electron chi connectivity index (χ2n) is 5.41. The molecule has 0 saturated carbocycles. The highest BCUT2D eigenvalue weighted by Gasteiger charge is 2.18. The van der Waals surface area contributed by atoms with Gasteiger partial charge < -0.3 is 9.42 Å². The van der Waals surface area contributed by atoms with Crippen molar-refractivity contribution >= 4 is 12.0 Å². The van der Waals surface area contributed by atoms with Crippen LogP contribution < -0.4 is 5.32 Å². The van der Waals surface area contributed by atoms with Gasteiger partial charge in [0.05, 0.1) is 0 Å². The zero-order valence-corrected chi connectivity index (χ0v) is 12.7. The molecule has 1 aromatic carbocycles. The Balaban J connectivity index is 1.63. The number of hydrogen-bond acceptors (Lipinski definition) is 4. The molecule has 116 valence electrons. The molecule has 0 atom stereocenters. The van der Waals surface area contributed by atoms with Crippen LogP contribution in [0, 0.1) is 0 Å². The molecule has 22 heavy (non-hydrogen) atoms. The molecule has 0 spiro atoms. The van der Waals surface area contributed by atoms with Crippen molar-refractivity contribution in [1.29, 1.82) is 0 Å². The molecular formula is C16H20N4O2. The summed E-state index contributed by atoms with van der Waals surface area (Å²) in [6.45, 7) is 3.36. The lowest BCUT2D eigenvalue weighted by Gasteiger charge is -2.25. The van der Waals surface area contributed by atoms with E-state index in [1.165, 1.54) is 11.1 Å². The smallest absolute Gasteiger partial charge is 0.324 e. The minimum Gasteiger partial charge on any atom is -0.324 e. The van der Waals surface area contributed by atoms with Crippen LogP contribution >= 0.6 is 0 Å². The Labute approximate surface area is 129 Å². The van der Waals surface area contributed by atoms with Crippen LogP contribution in [0.25, 0.3) is 0 Å². The van der Waals surface area contributed by atoms with Gasteiger partial charge in [0, 0.05) is 19.5 Å². The number of rotatable bonds is 2. The Hall–Kier alpha value is -2.37. The maximum atomic E-state index is 12.3. The van der Waals surface area contributed by atoms with Gasteiger partial charge in [0.2, 0.25) is 0 Å². The number of anilines is 1. The Morgan fingerprint density at radius 2 is 2.05 bits per heavy atom. The second kappa shape index (κ2) is 6.60. The predicted molar refractivity (Wildman–Crippen MR) is 82.7 cm³/mol. The number of nitrogens with zero attached hydrogens (tertiary/aromatic N) is 3. The zero-order chi connectivity index (χ0) is 15.4. The first kappa shape index (κ1) is 14.6. The first-order valence-electron chi connectivity index (χ1n) is 7.71. The van der Waals surface area contributed by atoms with Crippen LogP contribution in [0.1, 0.15) is 30.3 Å². The number of urea groups is 1. The van der Waals surface area contributed by atoms with Crippen molar-refractivity contribution in [3.05, 3.63) is 41.2 Å². The Morgan fingerprint density at radius 3 is 2.77 bits per heavy atom. The van der Waals surface area contributed by atoms with E-state index in [0.717, 1.165) is 25.8 Å². The summed E-state index contributed by atoms with van der Waals surface area (Å²) in [7, 11) is 0. The van der Waals surface area contributed by atoms with E-state index in [4.69, 9.17) is 4.52 Å². The molecular weight excluding hydrogens is 280 g/mol. The second-order valence-corrected chi connectivity index (χ2v) is 5.41. The number of carbonyl (C=O) groups excluding carboxylic acids is 1. The molecule has 0 radical (unpaired) electrons. The standard InChI is InChI=1S/C16H20N4O2/c1-2-14-17-15(22-19-14)18-16(21)20-10-5-8-12-6-3-4-7-13(12)9-11-20/h3-4,6-7H,2,5,8-11H2,1H3,(H,17,18,19,21). The number of aryl methyl sites for hydroxylation is 2. The summed E-state index contributed by atoms with van der Waals surface area (Å²) in [5.74, 6) is 0.594. The number of carbonyl (C=O) groups is 1. The van der Waals surface area contributed by atoms with Gasteiger partial charge in [-0.25, -0.2) is 4.79 Å². The molecule has 1 aliphatic heterocycles. The van der Waals surface area contributed by atoms with E-state index in [9.17, 15) is 4.79 Å². The minimum absolute atomic E-state index is 0.171. The topological polar surface area (TPSA) is 71.3 Å². The summed E-state index contributed by atoms with van der Waals surface area (Å²) < 4.78 is 5.01. The van der Waals surface area contributed by atoms with Crippen LogP contribution in [-0.4, -0.2) is 34.2 Å². The van der Waals surface area contributed by atoms with Gasteiger partial charge in [0.1, 0.15) is 0 Å². The van der Waals surface area contributed by atoms with Crippen LogP contribution in [0.2, 0.25) is 0 Å². The maximum Gasteiger partial charge on any atom is 0.329 e. The van der Waals surface area contributed by atoms with E-state index in [1.54, 1.807) is 0 Å². The monoisotopic (exact) mass is 300 g/mol. The third-order valence-electron chi connectivity index (χ3n) is 3.93. The average molecular weight is 300 g/mol. The van der Waals surface area contributed by atoms with E-state index >= 15 is 0 Å². The van der Waals surface area contributed by atoms with Gasteiger partial charge in [-0.1, -0.05) is 36.3 Å². The molecule has 0 bridgehead atoms. The summed E-state index contributed by atoms with van der Waals surface area (Å²) in [6.07, 6.45) is 3.50. The molecule has 1 aromatic heterocycles. The number of nitrogens with one attached hydrogen (secondary N) is 1. The third kappa shape index (κ3) is 3.27. The minimum atomic E-state index is -0.175. The van der Waals surface area contributed by atoms with Crippen molar-refractivity contribution in [2.75, 3.05) is 18.4 Å². The van der Waals surface area contributed by atoms with Crippen LogP contribution in [0.3, 0.4) is 0 Å². The number of fused-ring (bicyclic) bond motifs is 1. The van der Waals surface area contributed by atoms with Crippen molar-refractivity contribution < 1.29 is 9.32 Å². The van der Waals surface area contributed by atoms with Crippen molar-refractivity contribution in [2.24, 2.45) is 0 Å². The van der Waals surface area contributed by atoms with E-state index in [0.29, 0.717) is 18.8 Å². The van der Waals surface area contributed by atoms with Crippen molar-refractivity contribution in [3.8, 4) is 0 Å². The summed E-state index contributed by atoms with van der Waals surface area (Å²) in [6, 6.07) is 8.44. The highest BCUT2D eigenvalue weighted by molar-refractivity contribution is 5.87. The van der Waals surface area contributed by atoms with Gasteiger partial charge in [-0.3, -0.25) is 5.32 Å². The summed E-state index contributed by atoms with van der Waals surface area (Å²) in [5, 5.41) is 6.46. The summed E-state index contributed by atoms with van der Waals surface area (Å²) in [4.78, 5) is 18.2. The normalized spacial score (nSPS) is 14.9. The number of hydrogen-bond donors (Lipinski definition) is 1. The molecule has 0 aliphatic carbocycles. The molecule has 2 aromatic rings. The van der Waals surface area contributed by atoms with Crippen molar-refractivity contribution in [2.45, 2.75) is 32.6 Å². The van der Waals surface area contributed by atoms with Gasteiger partial charge in [0.25, 0.3) is 0 Å². The lowest BCUT2D eigenvalue weighted by atomic mass is 9.98. The average Bonchev–Trinajstić information content (AvgIpc) is 2.95. The van der Waals surface area contributed by atoms with E-state index in [2.05, 4.69) is 39.7 Å². The predicted octanol–water partition coefficient (Wildman–Crippen LogP) is 2.65. The summed E-state index contributed by atoms with van der Waals surface area (Å²) in [5.41, 5.74) is 2.72. The molecule has 2 amide bonds. The maximum absolute atomic E-state index is 12.3. The van der Waals surface area contributed by atoms with E-state index < -0.39 is 0 Å². The lowest BCUT2D eigenvalue weighted by molar-refractivity contribution is 0.209. The first-order valence-corrected chi connectivity index (χ1v) is 7.71. The fraction of sp³-hybridized carbons (Fsp3) is 0.438. The van der Waals surface area contributed by atoms with Crippen LogP contribution in [0.4, 0.5) is 10.8 Å². The fourth-order valence-electron chi connectivity index (χ4n) is 2.69. The first-order chi connectivity index (χ1) is 10.8. The zero-order valence-electron chi connectivity index (χ0n) is 12.7. The highest BCUT2D eigenvalue weighted by Crippen LogP contribution is 2.16. The van der Waals surface area contributed by atoms with Gasteiger partial charge in [-0.15, -0.1) is 0 Å². The van der Waals surface area contributed by atoms with Crippen LogP contribution in [-0.2, 0) is 19.3 Å². The Kier molecular flexibility index (Phi) is 4.37. The molecule has 1 aliphatic rings. The highest BCUT2D eigenvalue weighted by atomic mass is 16.5. The number of amides is 2. The van der Waals surface area contributed by atoms with E-state index in [1.807, 2.05) is 11.8 Å². The largest absolute Gasteiger partial charge is 0.329 e. The lowest BCUT2D eigenvalue weighted by Crippen LogP contribution is -2.38. The molecule has 6 nitrogen and oxygen atoms in total. The third-order valence-corrected chi connectivity index (χ3v) is 3.93. The summed E-state index contributed by atoms with van der Waals surface area (Å²) >= 11 is 0. The van der Waals surface area contributed by atoms with Gasteiger partial charge >= 0.3 is 12.0 Å². The van der Waals surface area contributed by atoms with Gasteiger partial charge in [-0.2, -0.15) is 4.98 Å². The van der Waals surface area contributed by atoms with Crippen LogP contribution in [0.5, 0.6) is 0 Å². The molecule has 2 heterocycles. The quantitative estimate of drug-likeness (QED) is 0.925. The molecule has 0 fully saturated rings. The molecule has 0 saturated heterocycles. The molecule has 0 unspecified atom stereocenters. The SMILES string of the molecule is CCc1noc(NC(=O)N2CCCc3ccccc3CC2)n1. The van der Waals surface area contributed by atoms with Gasteiger partial charge in [-0.05, 0) is 30.4 Å². The van der Waals surface area contributed by atoms with E-state index in [-0.39, 0.29) is 12.0 Å².